The zero-order valence-corrected chi connectivity index (χ0v) is 16.0. The van der Waals surface area contributed by atoms with Crippen LogP contribution in [0.25, 0.3) is 0 Å². The van der Waals surface area contributed by atoms with E-state index in [1.165, 1.54) is 6.26 Å². The molecule has 3 rings (SSSR count). The zero-order valence-electron chi connectivity index (χ0n) is 15.2. The smallest absolute Gasteiger partial charge is 0.291 e. The molecule has 0 bridgehead atoms. The Labute approximate surface area is 167 Å². The first-order chi connectivity index (χ1) is 13.6. The monoisotopic (exact) mass is 398 g/mol. The number of rotatable bonds is 7. The Kier molecular flexibility index (Phi) is 6.34. The topological polar surface area (TPSA) is 80.6 Å². The molecule has 2 aromatic carbocycles. The maximum atomic E-state index is 12.5. The number of halogens is 1. The molecule has 0 spiro atoms. The third kappa shape index (κ3) is 4.92. The number of carbonyl (C=O) groups excluding carboxylic acids is 2. The number of hydrogen-bond acceptors (Lipinski definition) is 4. The van der Waals surface area contributed by atoms with Crippen molar-refractivity contribution in [3.63, 3.8) is 0 Å². The van der Waals surface area contributed by atoms with Crippen LogP contribution < -0.4 is 15.4 Å². The average molecular weight is 399 g/mol. The summed E-state index contributed by atoms with van der Waals surface area (Å²) in [5.74, 6) is 0.162. The second kappa shape index (κ2) is 9.10. The molecule has 0 unspecified atom stereocenters. The summed E-state index contributed by atoms with van der Waals surface area (Å²) in [5, 5.41) is 5.79. The van der Waals surface area contributed by atoms with Crippen LogP contribution >= 0.6 is 11.6 Å². The number of benzene rings is 2. The molecule has 0 aliphatic rings. The number of ether oxygens (including phenoxy) is 1. The summed E-state index contributed by atoms with van der Waals surface area (Å²) < 4.78 is 10.6. The zero-order chi connectivity index (χ0) is 19.9. The summed E-state index contributed by atoms with van der Waals surface area (Å²) in [4.78, 5) is 24.6. The standard InChI is InChI=1S/C21H19ClN2O4/c1-2-11-27-16-8-5-14(6-9-16)20(25)23-15-7-10-17(22)18(13-15)24-21(26)19-4-3-12-28-19/h3-10,12-13H,2,11H2,1H3,(H,23,25)(H,24,26). The largest absolute Gasteiger partial charge is 0.494 e. The van der Waals surface area contributed by atoms with E-state index in [9.17, 15) is 9.59 Å². The van der Waals surface area contributed by atoms with Crippen LogP contribution in [0.15, 0.2) is 65.3 Å². The van der Waals surface area contributed by atoms with E-state index in [-0.39, 0.29) is 11.7 Å². The van der Waals surface area contributed by atoms with Crippen LogP contribution in [0, 0.1) is 0 Å². The van der Waals surface area contributed by atoms with Crippen molar-refractivity contribution in [3.8, 4) is 5.75 Å². The summed E-state index contributed by atoms with van der Waals surface area (Å²) in [5.41, 5.74) is 1.35. The van der Waals surface area contributed by atoms with E-state index < -0.39 is 5.91 Å². The van der Waals surface area contributed by atoms with Gasteiger partial charge in [0.15, 0.2) is 5.76 Å². The van der Waals surface area contributed by atoms with E-state index in [2.05, 4.69) is 10.6 Å². The first-order valence-corrected chi connectivity index (χ1v) is 9.13. The summed E-state index contributed by atoms with van der Waals surface area (Å²) in [6.45, 7) is 2.65. The van der Waals surface area contributed by atoms with E-state index >= 15 is 0 Å². The highest BCUT2D eigenvalue weighted by Gasteiger charge is 2.13. The highest BCUT2D eigenvalue weighted by atomic mass is 35.5. The van der Waals surface area contributed by atoms with Gasteiger partial charge in [0.05, 0.1) is 23.6 Å². The van der Waals surface area contributed by atoms with Crippen molar-refractivity contribution in [1.82, 2.24) is 0 Å². The van der Waals surface area contributed by atoms with Crippen LogP contribution in [-0.2, 0) is 0 Å². The molecule has 6 nitrogen and oxygen atoms in total. The number of nitrogens with one attached hydrogen (secondary N) is 2. The van der Waals surface area contributed by atoms with Crippen molar-refractivity contribution in [2.75, 3.05) is 17.2 Å². The van der Waals surface area contributed by atoms with Gasteiger partial charge in [0.1, 0.15) is 5.75 Å². The average Bonchev–Trinajstić information content (AvgIpc) is 3.24. The molecular formula is C21H19ClN2O4. The molecule has 0 atom stereocenters. The Morgan fingerprint density at radius 2 is 1.82 bits per heavy atom. The number of anilines is 2. The Balaban J connectivity index is 1.68. The van der Waals surface area contributed by atoms with Gasteiger partial charge in [-0.1, -0.05) is 18.5 Å². The lowest BCUT2D eigenvalue weighted by atomic mass is 10.2. The minimum absolute atomic E-state index is 0.163. The molecule has 0 fully saturated rings. The number of hydrogen-bond donors (Lipinski definition) is 2. The van der Waals surface area contributed by atoms with E-state index in [0.29, 0.717) is 34.3 Å². The fourth-order valence-electron chi connectivity index (χ4n) is 2.42. The molecule has 1 heterocycles. The number of furan rings is 1. The molecule has 2 amide bonds. The molecule has 28 heavy (non-hydrogen) atoms. The molecule has 0 radical (unpaired) electrons. The van der Waals surface area contributed by atoms with Crippen LogP contribution in [-0.4, -0.2) is 18.4 Å². The molecule has 144 valence electrons. The van der Waals surface area contributed by atoms with Crippen molar-refractivity contribution in [1.29, 1.82) is 0 Å². The van der Waals surface area contributed by atoms with Crippen molar-refractivity contribution >= 4 is 34.8 Å². The Morgan fingerprint density at radius 1 is 1.04 bits per heavy atom. The van der Waals surface area contributed by atoms with Crippen molar-refractivity contribution in [3.05, 3.63) is 77.2 Å². The van der Waals surface area contributed by atoms with Gasteiger partial charge in [-0.25, -0.2) is 0 Å². The third-order valence-electron chi connectivity index (χ3n) is 3.81. The van der Waals surface area contributed by atoms with Crippen LogP contribution in [0.4, 0.5) is 11.4 Å². The van der Waals surface area contributed by atoms with Gasteiger partial charge in [0.25, 0.3) is 11.8 Å². The summed E-state index contributed by atoms with van der Waals surface area (Å²) in [7, 11) is 0. The van der Waals surface area contributed by atoms with Gasteiger partial charge in [-0.05, 0) is 61.0 Å². The number of amides is 2. The van der Waals surface area contributed by atoms with E-state index in [0.717, 1.165) is 6.42 Å². The highest BCUT2D eigenvalue weighted by Crippen LogP contribution is 2.26. The first-order valence-electron chi connectivity index (χ1n) is 8.75. The number of carbonyl (C=O) groups is 2. The second-order valence-corrected chi connectivity index (χ2v) is 6.36. The van der Waals surface area contributed by atoms with Gasteiger partial charge in [0, 0.05) is 11.3 Å². The lowest BCUT2D eigenvalue weighted by Crippen LogP contribution is -2.14. The molecule has 0 saturated heterocycles. The van der Waals surface area contributed by atoms with Crippen LogP contribution in [0.3, 0.4) is 0 Å². The molecule has 0 saturated carbocycles. The predicted molar refractivity (Wildman–Crippen MR) is 108 cm³/mol. The first kappa shape index (κ1) is 19.5. The minimum Gasteiger partial charge on any atom is -0.494 e. The Hall–Kier alpha value is -3.25. The fraction of sp³-hybridized carbons (Fsp3) is 0.143. The maximum absolute atomic E-state index is 12.5. The van der Waals surface area contributed by atoms with E-state index in [1.807, 2.05) is 6.92 Å². The minimum atomic E-state index is -0.432. The second-order valence-electron chi connectivity index (χ2n) is 5.95. The maximum Gasteiger partial charge on any atom is 0.291 e. The van der Waals surface area contributed by atoms with Crippen molar-refractivity contribution in [2.45, 2.75) is 13.3 Å². The van der Waals surface area contributed by atoms with Gasteiger partial charge >= 0.3 is 0 Å². The molecule has 0 aliphatic carbocycles. The quantitative estimate of drug-likeness (QED) is 0.571. The molecule has 7 heteroatoms. The summed E-state index contributed by atoms with van der Waals surface area (Å²) >= 11 is 6.14. The fourth-order valence-corrected chi connectivity index (χ4v) is 2.58. The van der Waals surface area contributed by atoms with Crippen LogP contribution in [0.1, 0.15) is 34.3 Å². The van der Waals surface area contributed by atoms with Gasteiger partial charge < -0.3 is 19.8 Å². The van der Waals surface area contributed by atoms with Gasteiger partial charge in [-0.3, -0.25) is 9.59 Å². The van der Waals surface area contributed by atoms with Crippen molar-refractivity contribution in [2.24, 2.45) is 0 Å². The Morgan fingerprint density at radius 3 is 2.50 bits per heavy atom. The van der Waals surface area contributed by atoms with E-state index in [4.69, 9.17) is 20.8 Å². The molecule has 2 N–H and O–H groups in total. The third-order valence-corrected chi connectivity index (χ3v) is 4.14. The molecule has 0 aliphatic heterocycles. The van der Waals surface area contributed by atoms with Gasteiger partial charge in [0.2, 0.25) is 0 Å². The van der Waals surface area contributed by atoms with Crippen LogP contribution in [0.2, 0.25) is 5.02 Å². The summed E-state index contributed by atoms with van der Waals surface area (Å²) in [6, 6.07) is 14.9. The molecule has 1 aromatic heterocycles. The van der Waals surface area contributed by atoms with Gasteiger partial charge in [-0.2, -0.15) is 0 Å². The molecular weight excluding hydrogens is 380 g/mol. The predicted octanol–water partition coefficient (Wildman–Crippen LogP) is 5.23. The normalized spacial score (nSPS) is 10.4. The van der Waals surface area contributed by atoms with Crippen molar-refractivity contribution < 1.29 is 18.7 Å². The SMILES string of the molecule is CCCOc1ccc(C(=O)Nc2ccc(Cl)c(NC(=O)c3ccco3)c2)cc1. The highest BCUT2D eigenvalue weighted by molar-refractivity contribution is 6.34. The Bertz CT molecular complexity index is 953. The van der Waals surface area contributed by atoms with Crippen LogP contribution in [0.5, 0.6) is 5.75 Å². The lowest BCUT2D eigenvalue weighted by Gasteiger charge is -2.10. The van der Waals surface area contributed by atoms with E-state index in [1.54, 1.807) is 54.6 Å². The summed E-state index contributed by atoms with van der Waals surface area (Å²) in [6.07, 6.45) is 2.32. The van der Waals surface area contributed by atoms with Gasteiger partial charge in [-0.15, -0.1) is 0 Å². The lowest BCUT2D eigenvalue weighted by molar-refractivity contribution is 0.0995. The molecule has 3 aromatic rings.